The fourth-order valence-corrected chi connectivity index (χ4v) is 3.76. The van der Waals surface area contributed by atoms with Gasteiger partial charge in [0, 0.05) is 12.6 Å². The van der Waals surface area contributed by atoms with Crippen LogP contribution in [0.5, 0.6) is 5.75 Å². The molecule has 2 N–H and O–H groups in total. The molecule has 2 atom stereocenters. The van der Waals surface area contributed by atoms with Gasteiger partial charge < -0.3 is 14.9 Å². The number of likely N-dealkylation sites (tertiary alicyclic amines) is 1. The molecule has 0 amide bonds. The molecule has 0 aromatic heterocycles. The monoisotopic (exact) mass is 341 g/mol. The van der Waals surface area contributed by atoms with E-state index in [0.29, 0.717) is 0 Å². The van der Waals surface area contributed by atoms with Gasteiger partial charge in [0.05, 0.1) is 13.7 Å². The van der Waals surface area contributed by atoms with Gasteiger partial charge in [0.15, 0.2) is 0 Å². The minimum absolute atomic E-state index is 0.0683. The Labute approximate surface area is 149 Å². The van der Waals surface area contributed by atoms with Crippen LogP contribution in [-0.4, -0.2) is 34.8 Å². The summed E-state index contributed by atoms with van der Waals surface area (Å²) in [6.07, 6.45) is 2.07. The van der Waals surface area contributed by atoms with Gasteiger partial charge in [0.25, 0.3) is 0 Å². The maximum atomic E-state index is 11.3. The zero-order valence-corrected chi connectivity index (χ0v) is 15.0. The molecule has 1 fully saturated rings. The van der Waals surface area contributed by atoms with E-state index in [2.05, 4.69) is 17.0 Å². The Morgan fingerprint density at radius 3 is 2.32 bits per heavy atom. The maximum absolute atomic E-state index is 11.3. The zero-order chi connectivity index (χ0) is 17.9. The van der Waals surface area contributed by atoms with Crippen LogP contribution in [0.15, 0.2) is 48.5 Å². The van der Waals surface area contributed by atoms with Crippen molar-refractivity contribution in [2.75, 3.05) is 13.7 Å². The first-order valence-electron chi connectivity index (χ1n) is 8.84. The first kappa shape index (κ1) is 17.9. The van der Waals surface area contributed by atoms with Gasteiger partial charge in [-0.3, -0.25) is 4.90 Å². The number of rotatable bonds is 6. The van der Waals surface area contributed by atoms with Crippen LogP contribution in [0.4, 0.5) is 0 Å². The fourth-order valence-electron chi connectivity index (χ4n) is 3.76. The highest BCUT2D eigenvalue weighted by Gasteiger charge is 2.40. The molecule has 25 heavy (non-hydrogen) atoms. The summed E-state index contributed by atoms with van der Waals surface area (Å²) in [6, 6.07) is 15.8. The summed E-state index contributed by atoms with van der Waals surface area (Å²) in [7, 11) is 1.65. The normalized spacial score (nSPS) is 20.4. The van der Waals surface area contributed by atoms with E-state index in [1.807, 2.05) is 43.3 Å². The average Bonchev–Trinajstić information content (AvgIpc) is 3.11. The number of hydrogen-bond donors (Lipinski definition) is 2. The molecule has 0 unspecified atom stereocenters. The zero-order valence-electron chi connectivity index (χ0n) is 15.0. The van der Waals surface area contributed by atoms with Crippen LogP contribution in [0.25, 0.3) is 0 Å². The number of methoxy groups -OCH3 is 1. The van der Waals surface area contributed by atoms with Crippen molar-refractivity contribution in [3.63, 3.8) is 0 Å². The van der Waals surface area contributed by atoms with Gasteiger partial charge >= 0.3 is 0 Å². The maximum Gasteiger partial charge on any atom is 0.118 e. The van der Waals surface area contributed by atoms with Gasteiger partial charge in [-0.25, -0.2) is 0 Å². The number of aliphatic hydroxyl groups is 2. The Kier molecular flexibility index (Phi) is 5.42. The van der Waals surface area contributed by atoms with Gasteiger partial charge in [0.1, 0.15) is 11.4 Å². The highest BCUT2D eigenvalue weighted by Crippen LogP contribution is 2.36. The molecule has 1 aliphatic rings. The summed E-state index contributed by atoms with van der Waals surface area (Å²) in [5.41, 5.74) is 2.13. The van der Waals surface area contributed by atoms with Crippen LogP contribution in [0, 0.1) is 0 Å². The molecule has 0 saturated carbocycles. The second-order valence-electron chi connectivity index (χ2n) is 6.98. The quantitative estimate of drug-likeness (QED) is 0.848. The first-order chi connectivity index (χ1) is 12.0. The van der Waals surface area contributed by atoms with Gasteiger partial charge in [-0.15, -0.1) is 0 Å². The van der Waals surface area contributed by atoms with Crippen molar-refractivity contribution in [2.24, 2.45) is 0 Å². The summed E-state index contributed by atoms with van der Waals surface area (Å²) >= 11 is 0. The lowest BCUT2D eigenvalue weighted by atomic mass is 9.86. The molecule has 2 aromatic carbocycles. The second-order valence-corrected chi connectivity index (χ2v) is 6.98. The number of benzene rings is 2. The molecule has 0 spiro atoms. The van der Waals surface area contributed by atoms with Crippen LogP contribution in [0.1, 0.15) is 36.5 Å². The van der Waals surface area contributed by atoms with E-state index >= 15 is 0 Å². The smallest absolute Gasteiger partial charge is 0.118 e. The fraction of sp³-hybridized carbons (Fsp3) is 0.429. The highest BCUT2D eigenvalue weighted by molar-refractivity contribution is 5.32. The van der Waals surface area contributed by atoms with Crippen LogP contribution in [0.2, 0.25) is 0 Å². The Balaban J connectivity index is 1.76. The van der Waals surface area contributed by atoms with Gasteiger partial charge in [-0.2, -0.15) is 0 Å². The molecule has 1 saturated heterocycles. The Morgan fingerprint density at radius 1 is 1.08 bits per heavy atom. The van der Waals surface area contributed by atoms with E-state index in [4.69, 9.17) is 4.74 Å². The van der Waals surface area contributed by atoms with E-state index in [-0.39, 0.29) is 12.6 Å². The molecule has 2 aromatic rings. The molecule has 134 valence electrons. The molecule has 4 nitrogen and oxygen atoms in total. The molecular formula is C21H27NO3. The molecule has 0 bridgehead atoms. The minimum atomic E-state index is -0.909. The van der Waals surface area contributed by atoms with E-state index < -0.39 is 5.60 Å². The van der Waals surface area contributed by atoms with Crippen LogP contribution in [0.3, 0.4) is 0 Å². The second kappa shape index (κ2) is 7.56. The van der Waals surface area contributed by atoms with E-state index in [9.17, 15) is 10.2 Å². The summed E-state index contributed by atoms with van der Waals surface area (Å²) < 4.78 is 5.22. The minimum Gasteiger partial charge on any atom is -0.497 e. The summed E-state index contributed by atoms with van der Waals surface area (Å²) in [6.45, 7) is 3.77. The number of nitrogens with zero attached hydrogens (tertiary/aromatic N) is 1. The topological polar surface area (TPSA) is 52.9 Å². The molecule has 1 aliphatic heterocycles. The van der Waals surface area contributed by atoms with Crippen molar-refractivity contribution >= 4 is 0 Å². The molecule has 4 heteroatoms. The summed E-state index contributed by atoms with van der Waals surface area (Å²) in [5, 5.41) is 20.4. The largest absolute Gasteiger partial charge is 0.497 e. The third kappa shape index (κ3) is 3.87. The van der Waals surface area contributed by atoms with Crippen LogP contribution in [-0.2, 0) is 18.8 Å². The van der Waals surface area contributed by atoms with Gasteiger partial charge in [0.2, 0.25) is 0 Å². The Bertz CT molecular complexity index is 679. The number of hydrogen-bond acceptors (Lipinski definition) is 4. The van der Waals surface area contributed by atoms with Crippen molar-refractivity contribution in [3.05, 3.63) is 65.2 Å². The molecule has 1 heterocycles. The predicted octanol–water partition coefficient (Wildman–Crippen LogP) is 3.06. The first-order valence-corrected chi connectivity index (χ1v) is 8.84. The molecule has 3 rings (SSSR count). The Hall–Kier alpha value is -1.88. The van der Waals surface area contributed by atoms with E-state index in [1.165, 1.54) is 5.56 Å². The molecule has 0 radical (unpaired) electrons. The third-order valence-electron chi connectivity index (χ3n) is 5.28. The highest BCUT2D eigenvalue weighted by atomic mass is 16.5. The lowest BCUT2D eigenvalue weighted by Gasteiger charge is -2.37. The SMILES string of the molecule is COc1ccc([C@@](C)(O)[C@@H]2CCCN2Cc2ccc(CO)cc2)cc1. The van der Waals surface area contributed by atoms with E-state index in [1.54, 1.807) is 7.11 Å². The molecule has 0 aliphatic carbocycles. The van der Waals surface area contributed by atoms with Crippen molar-refractivity contribution in [1.82, 2.24) is 4.90 Å². The predicted molar refractivity (Wildman–Crippen MR) is 98.4 cm³/mol. The Morgan fingerprint density at radius 2 is 1.72 bits per heavy atom. The van der Waals surface area contributed by atoms with Crippen molar-refractivity contribution in [3.8, 4) is 5.75 Å². The van der Waals surface area contributed by atoms with Crippen molar-refractivity contribution < 1.29 is 14.9 Å². The van der Waals surface area contributed by atoms with Crippen molar-refractivity contribution in [2.45, 2.75) is 44.6 Å². The number of ether oxygens (including phenoxy) is 1. The summed E-state index contributed by atoms with van der Waals surface area (Å²) in [4.78, 5) is 2.36. The van der Waals surface area contributed by atoms with Crippen molar-refractivity contribution in [1.29, 1.82) is 0 Å². The van der Waals surface area contributed by atoms with Gasteiger partial charge in [-0.1, -0.05) is 36.4 Å². The van der Waals surface area contributed by atoms with E-state index in [0.717, 1.165) is 42.8 Å². The standard InChI is InChI=1S/C21H27NO3/c1-21(24,18-9-11-19(25-2)12-10-18)20-4-3-13-22(20)14-16-5-7-17(15-23)8-6-16/h5-12,20,23-24H,3-4,13-15H2,1-2H3/t20-,21+/m0/s1. The summed E-state index contributed by atoms with van der Waals surface area (Å²) in [5.74, 6) is 0.798. The third-order valence-corrected chi connectivity index (χ3v) is 5.28. The molecular weight excluding hydrogens is 314 g/mol. The lowest BCUT2D eigenvalue weighted by Crippen LogP contribution is -2.45. The van der Waals surface area contributed by atoms with Crippen LogP contribution >= 0.6 is 0 Å². The van der Waals surface area contributed by atoms with Gasteiger partial charge in [-0.05, 0) is 55.1 Å². The van der Waals surface area contributed by atoms with Crippen LogP contribution < -0.4 is 4.74 Å². The average molecular weight is 341 g/mol. The number of aliphatic hydroxyl groups excluding tert-OH is 1. The lowest BCUT2D eigenvalue weighted by molar-refractivity contribution is -0.0254.